The summed E-state index contributed by atoms with van der Waals surface area (Å²) < 4.78 is 0. The SMILES string of the molecule is O=C(c1ccccc1)N1C=CCCC=N1. The first-order chi connectivity index (χ1) is 7.38. The van der Waals surface area contributed by atoms with Gasteiger partial charge in [0.15, 0.2) is 0 Å². The Hall–Kier alpha value is -1.90. The number of hydrogen-bond donors (Lipinski definition) is 0. The van der Waals surface area contributed by atoms with Crippen LogP contribution in [-0.4, -0.2) is 17.1 Å². The lowest BCUT2D eigenvalue weighted by Gasteiger charge is -2.10. The number of allylic oxidation sites excluding steroid dienone is 1. The van der Waals surface area contributed by atoms with Crippen molar-refractivity contribution < 1.29 is 4.79 Å². The molecule has 1 aliphatic heterocycles. The first-order valence-corrected chi connectivity index (χ1v) is 4.95. The molecule has 3 heteroatoms. The number of carbonyl (C=O) groups excluding carboxylic acids is 1. The van der Waals surface area contributed by atoms with Crippen LogP contribution in [0.25, 0.3) is 0 Å². The summed E-state index contributed by atoms with van der Waals surface area (Å²) >= 11 is 0. The van der Waals surface area contributed by atoms with Gasteiger partial charge < -0.3 is 0 Å². The molecule has 0 saturated heterocycles. The Labute approximate surface area is 88.7 Å². The Morgan fingerprint density at radius 2 is 2.00 bits per heavy atom. The van der Waals surface area contributed by atoms with E-state index in [1.54, 1.807) is 24.5 Å². The van der Waals surface area contributed by atoms with Crippen LogP contribution in [0.15, 0.2) is 47.7 Å². The van der Waals surface area contributed by atoms with E-state index in [-0.39, 0.29) is 5.91 Å². The molecule has 0 saturated carbocycles. The fourth-order valence-electron chi connectivity index (χ4n) is 1.36. The topological polar surface area (TPSA) is 32.7 Å². The molecule has 0 aliphatic carbocycles. The fourth-order valence-corrected chi connectivity index (χ4v) is 1.36. The number of nitrogens with zero attached hydrogens (tertiary/aromatic N) is 2. The van der Waals surface area contributed by atoms with E-state index in [4.69, 9.17) is 0 Å². The van der Waals surface area contributed by atoms with Crippen molar-refractivity contribution in [1.29, 1.82) is 0 Å². The maximum atomic E-state index is 11.9. The predicted molar refractivity (Wildman–Crippen MR) is 59.5 cm³/mol. The number of benzene rings is 1. The van der Waals surface area contributed by atoms with Crippen molar-refractivity contribution in [2.45, 2.75) is 12.8 Å². The molecular formula is C12H12N2O. The van der Waals surface area contributed by atoms with Crippen LogP contribution < -0.4 is 0 Å². The number of hydrazone groups is 1. The first-order valence-electron chi connectivity index (χ1n) is 4.95. The molecule has 2 rings (SSSR count). The normalized spacial score (nSPS) is 15.1. The molecule has 15 heavy (non-hydrogen) atoms. The molecular weight excluding hydrogens is 188 g/mol. The zero-order chi connectivity index (χ0) is 10.5. The highest BCUT2D eigenvalue weighted by molar-refractivity contribution is 5.95. The Morgan fingerprint density at radius 1 is 1.20 bits per heavy atom. The number of carbonyl (C=O) groups is 1. The van der Waals surface area contributed by atoms with Gasteiger partial charge in [-0.15, -0.1) is 0 Å². The summed E-state index contributed by atoms with van der Waals surface area (Å²) in [5.74, 6) is -0.0926. The van der Waals surface area contributed by atoms with Crippen molar-refractivity contribution in [2.75, 3.05) is 0 Å². The zero-order valence-corrected chi connectivity index (χ0v) is 8.34. The molecule has 1 aliphatic rings. The molecule has 1 aromatic rings. The van der Waals surface area contributed by atoms with Gasteiger partial charge in [-0.25, -0.2) is 5.01 Å². The third kappa shape index (κ3) is 2.31. The summed E-state index contributed by atoms with van der Waals surface area (Å²) in [4.78, 5) is 11.9. The molecule has 0 N–H and O–H groups in total. The standard InChI is InChI=1S/C12H12N2O/c15-12(11-7-3-1-4-8-11)14-10-6-2-5-9-13-14/h1,3-4,6-10H,2,5H2. The number of rotatable bonds is 1. The van der Waals surface area contributed by atoms with Crippen molar-refractivity contribution in [2.24, 2.45) is 5.10 Å². The van der Waals surface area contributed by atoms with Crippen molar-refractivity contribution >= 4 is 12.1 Å². The summed E-state index contributed by atoms with van der Waals surface area (Å²) in [6.07, 6.45) is 7.25. The van der Waals surface area contributed by atoms with Gasteiger partial charge in [-0.2, -0.15) is 5.10 Å². The summed E-state index contributed by atoms with van der Waals surface area (Å²) in [5, 5.41) is 5.45. The lowest BCUT2D eigenvalue weighted by atomic mass is 10.2. The van der Waals surface area contributed by atoms with Gasteiger partial charge in [0, 0.05) is 18.0 Å². The van der Waals surface area contributed by atoms with E-state index in [0.29, 0.717) is 5.56 Å². The van der Waals surface area contributed by atoms with Crippen LogP contribution in [-0.2, 0) is 0 Å². The van der Waals surface area contributed by atoms with E-state index in [9.17, 15) is 4.79 Å². The number of hydrogen-bond acceptors (Lipinski definition) is 2. The van der Waals surface area contributed by atoms with E-state index >= 15 is 0 Å². The predicted octanol–water partition coefficient (Wildman–Crippen LogP) is 2.42. The maximum Gasteiger partial charge on any atom is 0.278 e. The highest BCUT2D eigenvalue weighted by atomic mass is 16.2. The quantitative estimate of drug-likeness (QED) is 0.685. The summed E-state index contributed by atoms with van der Waals surface area (Å²) in [5.41, 5.74) is 0.654. The van der Waals surface area contributed by atoms with Gasteiger partial charge in [0.2, 0.25) is 0 Å². The highest BCUT2D eigenvalue weighted by Gasteiger charge is 2.11. The molecule has 0 atom stereocenters. The van der Waals surface area contributed by atoms with Crippen LogP contribution in [0.2, 0.25) is 0 Å². The van der Waals surface area contributed by atoms with Crippen molar-refractivity contribution in [3.05, 3.63) is 48.2 Å². The molecule has 1 amide bonds. The maximum absolute atomic E-state index is 11.9. The molecule has 76 valence electrons. The van der Waals surface area contributed by atoms with Crippen LogP contribution in [0.5, 0.6) is 0 Å². The Morgan fingerprint density at radius 3 is 2.80 bits per heavy atom. The Balaban J connectivity index is 2.20. The van der Waals surface area contributed by atoms with Crippen LogP contribution in [0.1, 0.15) is 23.2 Å². The van der Waals surface area contributed by atoms with Gasteiger partial charge in [-0.05, 0) is 25.0 Å². The molecule has 0 aromatic heterocycles. The summed E-state index contributed by atoms with van der Waals surface area (Å²) in [6, 6.07) is 9.16. The van der Waals surface area contributed by atoms with Gasteiger partial charge in [0.1, 0.15) is 0 Å². The minimum atomic E-state index is -0.0926. The van der Waals surface area contributed by atoms with Gasteiger partial charge >= 0.3 is 0 Å². The molecule has 0 radical (unpaired) electrons. The third-order valence-corrected chi connectivity index (χ3v) is 2.14. The average Bonchev–Trinajstić information content (AvgIpc) is 2.58. The lowest BCUT2D eigenvalue weighted by molar-refractivity contribution is 0.0826. The molecule has 1 aromatic carbocycles. The van der Waals surface area contributed by atoms with Crippen LogP contribution in [0.4, 0.5) is 0 Å². The van der Waals surface area contributed by atoms with E-state index in [1.165, 1.54) is 5.01 Å². The van der Waals surface area contributed by atoms with Crippen molar-refractivity contribution in [1.82, 2.24) is 5.01 Å². The molecule has 0 fully saturated rings. The monoisotopic (exact) mass is 200 g/mol. The Bertz CT molecular complexity index is 381. The molecule has 3 nitrogen and oxygen atoms in total. The molecule has 0 spiro atoms. The van der Waals surface area contributed by atoms with E-state index in [0.717, 1.165) is 12.8 Å². The molecule has 0 bridgehead atoms. The van der Waals surface area contributed by atoms with Crippen LogP contribution >= 0.6 is 0 Å². The zero-order valence-electron chi connectivity index (χ0n) is 8.34. The van der Waals surface area contributed by atoms with Gasteiger partial charge in [0.25, 0.3) is 5.91 Å². The van der Waals surface area contributed by atoms with Gasteiger partial charge in [0.05, 0.1) is 0 Å². The third-order valence-electron chi connectivity index (χ3n) is 2.14. The smallest absolute Gasteiger partial charge is 0.267 e. The van der Waals surface area contributed by atoms with Crippen LogP contribution in [0.3, 0.4) is 0 Å². The van der Waals surface area contributed by atoms with E-state index in [1.807, 2.05) is 24.3 Å². The molecule has 0 unspecified atom stereocenters. The second-order valence-electron chi connectivity index (χ2n) is 3.28. The summed E-state index contributed by atoms with van der Waals surface area (Å²) in [6.45, 7) is 0. The van der Waals surface area contributed by atoms with E-state index < -0.39 is 0 Å². The molecule has 1 heterocycles. The largest absolute Gasteiger partial charge is 0.278 e. The Kier molecular flexibility index (Phi) is 2.93. The van der Waals surface area contributed by atoms with Gasteiger partial charge in [-0.1, -0.05) is 24.3 Å². The van der Waals surface area contributed by atoms with Crippen molar-refractivity contribution in [3.8, 4) is 0 Å². The minimum absolute atomic E-state index is 0.0926. The summed E-state index contributed by atoms with van der Waals surface area (Å²) in [7, 11) is 0. The minimum Gasteiger partial charge on any atom is -0.267 e. The average molecular weight is 200 g/mol. The van der Waals surface area contributed by atoms with E-state index in [2.05, 4.69) is 5.10 Å². The van der Waals surface area contributed by atoms with Gasteiger partial charge in [-0.3, -0.25) is 4.79 Å². The number of amides is 1. The second kappa shape index (κ2) is 4.55. The fraction of sp³-hybridized carbons (Fsp3) is 0.167. The highest BCUT2D eigenvalue weighted by Crippen LogP contribution is 2.08. The lowest BCUT2D eigenvalue weighted by Crippen LogP contribution is -2.19. The van der Waals surface area contributed by atoms with Crippen LogP contribution in [0, 0.1) is 0 Å². The van der Waals surface area contributed by atoms with Crippen molar-refractivity contribution in [3.63, 3.8) is 0 Å². The first kappa shape index (κ1) is 9.65. The second-order valence-corrected chi connectivity index (χ2v) is 3.28.